The number of benzene rings is 3. The molecule has 0 atom stereocenters. The van der Waals surface area contributed by atoms with Crippen LogP contribution in [0.25, 0.3) is 22.5 Å². The monoisotopic (exact) mass is 412 g/mol. The Morgan fingerprint density at radius 3 is 2.10 bits per heavy atom. The summed E-state index contributed by atoms with van der Waals surface area (Å²) in [4.78, 5) is 0. The average molecular weight is 413 g/mol. The van der Waals surface area contributed by atoms with Gasteiger partial charge in [0, 0.05) is 23.5 Å². The maximum atomic E-state index is 6.06. The van der Waals surface area contributed by atoms with Gasteiger partial charge in [0.15, 0.2) is 0 Å². The van der Waals surface area contributed by atoms with Gasteiger partial charge >= 0.3 is 0 Å². The number of hydrogen-bond acceptors (Lipinski definition) is 3. The smallest absolute Gasteiger partial charge is 0.128 e. The molecule has 0 aliphatic rings. The van der Waals surface area contributed by atoms with Crippen molar-refractivity contribution in [2.45, 2.75) is 19.4 Å². The van der Waals surface area contributed by atoms with Gasteiger partial charge in [-0.25, -0.2) is 0 Å². The summed E-state index contributed by atoms with van der Waals surface area (Å²) in [5, 5.41) is 0. The van der Waals surface area contributed by atoms with Crippen molar-refractivity contribution in [1.82, 2.24) is 4.57 Å². The predicted octanol–water partition coefficient (Wildman–Crippen LogP) is 6.36. The van der Waals surface area contributed by atoms with Gasteiger partial charge in [-0.2, -0.15) is 0 Å². The van der Waals surface area contributed by atoms with Crippen molar-refractivity contribution in [1.29, 1.82) is 0 Å². The van der Waals surface area contributed by atoms with E-state index in [1.165, 1.54) is 11.4 Å². The molecule has 3 aromatic carbocycles. The normalized spacial score (nSPS) is 10.8. The topological polar surface area (TPSA) is 49.4 Å². The first kappa shape index (κ1) is 20.8. The van der Waals surface area contributed by atoms with Crippen molar-refractivity contribution in [3.63, 3.8) is 0 Å². The van der Waals surface area contributed by atoms with Crippen molar-refractivity contribution >= 4 is 0 Å². The van der Waals surface area contributed by atoms with E-state index < -0.39 is 0 Å². The minimum Gasteiger partial charge on any atom is -0.497 e. The van der Waals surface area contributed by atoms with E-state index in [0.717, 1.165) is 47.8 Å². The summed E-state index contributed by atoms with van der Waals surface area (Å²) in [6.07, 6.45) is 2.03. The van der Waals surface area contributed by atoms with Crippen LogP contribution in [0.2, 0.25) is 0 Å². The van der Waals surface area contributed by atoms with Crippen LogP contribution >= 0.6 is 0 Å². The number of nitrogens with two attached hydrogens (primary N) is 1. The fraction of sp³-hybridized carbons (Fsp3) is 0.185. The van der Waals surface area contributed by atoms with Crippen LogP contribution in [0.15, 0.2) is 91.0 Å². The SMILES string of the molecule is COc1ccc(-c2ccc(-c3cccc(Oc4ccccc4)c3)n2CCCCN)cc1. The van der Waals surface area contributed by atoms with Crippen LogP contribution in [0.4, 0.5) is 0 Å². The van der Waals surface area contributed by atoms with E-state index in [9.17, 15) is 0 Å². The van der Waals surface area contributed by atoms with E-state index in [4.69, 9.17) is 15.2 Å². The number of nitrogens with zero attached hydrogens (tertiary/aromatic N) is 1. The van der Waals surface area contributed by atoms with E-state index in [-0.39, 0.29) is 0 Å². The Labute approximate surface area is 183 Å². The highest BCUT2D eigenvalue weighted by atomic mass is 16.5. The van der Waals surface area contributed by atoms with Crippen molar-refractivity contribution in [3.05, 3.63) is 91.0 Å². The lowest BCUT2D eigenvalue weighted by Crippen LogP contribution is -2.06. The molecule has 31 heavy (non-hydrogen) atoms. The van der Waals surface area contributed by atoms with E-state index in [0.29, 0.717) is 6.54 Å². The standard InChI is InChI=1S/C27H28N2O2/c1-30-23-14-12-21(13-15-23)26-16-17-27(29(26)19-6-5-18-28)22-8-7-11-25(20-22)31-24-9-3-2-4-10-24/h2-4,7-17,20H,5-6,18-19,28H2,1H3. The second kappa shape index (κ2) is 10.0. The summed E-state index contributed by atoms with van der Waals surface area (Å²) in [5.74, 6) is 2.51. The quantitative estimate of drug-likeness (QED) is 0.325. The minimum atomic E-state index is 0.703. The Hall–Kier alpha value is -3.50. The minimum absolute atomic E-state index is 0.703. The lowest BCUT2D eigenvalue weighted by atomic mass is 10.1. The van der Waals surface area contributed by atoms with Crippen LogP contribution in [0.1, 0.15) is 12.8 Å². The average Bonchev–Trinajstić information content (AvgIpc) is 3.24. The van der Waals surface area contributed by atoms with Gasteiger partial charge in [0.05, 0.1) is 7.11 Å². The van der Waals surface area contributed by atoms with Crippen LogP contribution in [-0.2, 0) is 6.54 Å². The zero-order valence-corrected chi connectivity index (χ0v) is 17.8. The molecule has 158 valence electrons. The van der Waals surface area contributed by atoms with Crippen LogP contribution in [0.3, 0.4) is 0 Å². The molecule has 4 heteroatoms. The summed E-state index contributed by atoms with van der Waals surface area (Å²) < 4.78 is 13.7. The number of rotatable bonds is 9. The Balaban J connectivity index is 1.68. The fourth-order valence-corrected chi connectivity index (χ4v) is 3.73. The van der Waals surface area contributed by atoms with E-state index in [1.807, 2.05) is 54.6 Å². The lowest BCUT2D eigenvalue weighted by Gasteiger charge is -2.15. The molecule has 0 unspecified atom stereocenters. The Morgan fingerprint density at radius 2 is 1.39 bits per heavy atom. The van der Waals surface area contributed by atoms with Crippen molar-refractivity contribution in [3.8, 4) is 39.8 Å². The molecule has 0 bridgehead atoms. The molecule has 2 N–H and O–H groups in total. The van der Waals surface area contributed by atoms with Gasteiger partial charge in [0.25, 0.3) is 0 Å². The van der Waals surface area contributed by atoms with Gasteiger partial charge in [-0.05, 0) is 85.6 Å². The molecule has 1 aromatic heterocycles. The number of unbranched alkanes of at least 4 members (excludes halogenated alkanes) is 1. The van der Waals surface area contributed by atoms with Crippen LogP contribution in [-0.4, -0.2) is 18.2 Å². The Kier molecular flexibility index (Phi) is 6.70. The zero-order chi connectivity index (χ0) is 21.5. The number of ether oxygens (including phenoxy) is 2. The molecule has 4 rings (SSSR count). The third kappa shape index (κ3) is 4.98. The Bertz CT molecular complexity index is 1100. The molecule has 0 aliphatic carbocycles. The van der Waals surface area contributed by atoms with Gasteiger partial charge in [-0.15, -0.1) is 0 Å². The van der Waals surface area contributed by atoms with Crippen molar-refractivity contribution in [2.24, 2.45) is 5.73 Å². The van der Waals surface area contributed by atoms with E-state index in [1.54, 1.807) is 7.11 Å². The van der Waals surface area contributed by atoms with Gasteiger partial charge in [-0.1, -0.05) is 30.3 Å². The molecule has 0 fully saturated rings. The fourth-order valence-electron chi connectivity index (χ4n) is 3.73. The summed E-state index contributed by atoms with van der Waals surface area (Å²) >= 11 is 0. The van der Waals surface area contributed by atoms with Crippen molar-refractivity contribution < 1.29 is 9.47 Å². The lowest BCUT2D eigenvalue weighted by molar-refractivity contribution is 0.415. The van der Waals surface area contributed by atoms with Gasteiger partial charge in [-0.3, -0.25) is 0 Å². The maximum absolute atomic E-state index is 6.06. The Morgan fingerprint density at radius 1 is 0.677 bits per heavy atom. The van der Waals surface area contributed by atoms with Gasteiger partial charge < -0.3 is 19.8 Å². The van der Waals surface area contributed by atoms with E-state index in [2.05, 4.69) is 41.0 Å². The second-order valence-electron chi connectivity index (χ2n) is 7.42. The highest BCUT2D eigenvalue weighted by molar-refractivity contribution is 5.71. The van der Waals surface area contributed by atoms with Crippen LogP contribution in [0.5, 0.6) is 17.2 Å². The first-order valence-corrected chi connectivity index (χ1v) is 10.7. The molecule has 4 aromatic rings. The molecule has 0 saturated heterocycles. The number of para-hydroxylation sites is 1. The molecule has 0 amide bonds. The molecule has 0 aliphatic heterocycles. The summed E-state index contributed by atoms with van der Waals surface area (Å²) in [6.45, 7) is 1.61. The largest absolute Gasteiger partial charge is 0.497 e. The first-order chi connectivity index (χ1) is 15.3. The van der Waals surface area contributed by atoms with Crippen molar-refractivity contribution in [2.75, 3.05) is 13.7 Å². The molecule has 0 radical (unpaired) electrons. The van der Waals surface area contributed by atoms with Gasteiger partial charge in [0.2, 0.25) is 0 Å². The number of hydrogen-bond donors (Lipinski definition) is 1. The predicted molar refractivity (Wildman–Crippen MR) is 127 cm³/mol. The summed E-state index contributed by atoms with van der Waals surface area (Å²) in [5.41, 5.74) is 10.4. The third-order valence-corrected chi connectivity index (χ3v) is 5.31. The number of methoxy groups -OCH3 is 1. The van der Waals surface area contributed by atoms with Gasteiger partial charge in [0.1, 0.15) is 17.2 Å². The summed E-state index contributed by atoms with van der Waals surface area (Å²) in [6, 6.07) is 30.7. The highest BCUT2D eigenvalue weighted by Gasteiger charge is 2.13. The third-order valence-electron chi connectivity index (χ3n) is 5.31. The van der Waals surface area contributed by atoms with E-state index >= 15 is 0 Å². The molecule has 4 nitrogen and oxygen atoms in total. The molecule has 0 saturated carbocycles. The van der Waals surface area contributed by atoms with Crippen LogP contribution < -0.4 is 15.2 Å². The highest BCUT2D eigenvalue weighted by Crippen LogP contribution is 2.33. The molecular weight excluding hydrogens is 384 g/mol. The summed E-state index contributed by atoms with van der Waals surface area (Å²) in [7, 11) is 1.69. The number of aromatic nitrogens is 1. The zero-order valence-electron chi connectivity index (χ0n) is 17.8. The van der Waals surface area contributed by atoms with Crippen LogP contribution in [0, 0.1) is 0 Å². The maximum Gasteiger partial charge on any atom is 0.128 e. The second-order valence-corrected chi connectivity index (χ2v) is 7.42. The molecular formula is C27H28N2O2. The first-order valence-electron chi connectivity index (χ1n) is 10.7. The molecule has 0 spiro atoms. The molecule has 1 heterocycles.